The van der Waals surface area contributed by atoms with Crippen LogP contribution in [0.1, 0.15) is 37.5 Å². The van der Waals surface area contributed by atoms with Crippen LogP contribution in [0, 0.1) is 5.92 Å². The Balaban J connectivity index is 1.64. The number of halogens is 2. The second-order valence-electron chi connectivity index (χ2n) is 11.3. The first-order valence-electron chi connectivity index (χ1n) is 14.6. The lowest BCUT2D eigenvalue weighted by molar-refractivity contribution is -0.149. The van der Waals surface area contributed by atoms with Gasteiger partial charge in [0.15, 0.2) is 6.10 Å². The molecule has 4 rings (SSSR count). The van der Waals surface area contributed by atoms with Crippen LogP contribution >= 0.6 is 23.2 Å². The zero-order valence-corrected chi connectivity index (χ0v) is 27.0. The fourth-order valence-electron chi connectivity index (χ4n) is 5.25. The van der Waals surface area contributed by atoms with Crippen LogP contribution in [0.2, 0.25) is 10.0 Å². The molecule has 1 aliphatic rings. The summed E-state index contributed by atoms with van der Waals surface area (Å²) in [6.07, 6.45) is -0.317. The van der Waals surface area contributed by atoms with Gasteiger partial charge in [0.05, 0.1) is 11.7 Å². The van der Waals surface area contributed by atoms with Crippen molar-refractivity contribution in [2.75, 3.05) is 6.54 Å². The number of carbonyl (C=O) groups excluding carboxylic acids is 3. The lowest BCUT2D eigenvalue weighted by Gasteiger charge is -2.40. The molecular formula is C34H35Cl2N3O7. The van der Waals surface area contributed by atoms with Gasteiger partial charge >= 0.3 is 5.97 Å². The molecule has 0 bridgehead atoms. The lowest BCUT2D eigenvalue weighted by atomic mass is 9.96. The summed E-state index contributed by atoms with van der Waals surface area (Å²) in [5.41, 5.74) is 2.20. The van der Waals surface area contributed by atoms with Crippen molar-refractivity contribution in [1.82, 2.24) is 15.1 Å². The van der Waals surface area contributed by atoms with E-state index in [0.717, 1.165) is 5.56 Å². The smallest absolute Gasteiger partial charge is 0.334 e. The SMILES string of the molecule is CC(=O)N1C=C(c2cccc(OCc3cc(Cl)cc(Cl)c3)c2)N(CC(=O)N[C@@H](Cc2ccccc2)C(O)C(=O)O)C(=O)[C@H]1C(C)C. The predicted molar refractivity (Wildman–Crippen MR) is 174 cm³/mol. The van der Waals surface area contributed by atoms with E-state index in [-0.39, 0.29) is 30.5 Å². The van der Waals surface area contributed by atoms with Crippen LogP contribution in [0.5, 0.6) is 5.75 Å². The number of aliphatic hydroxyl groups excluding tert-OH is 1. The van der Waals surface area contributed by atoms with Gasteiger partial charge in [-0.3, -0.25) is 19.3 Å². The Morgan fingerprint density at radius 3 is 2.24 bits per heavy atom. The normalized spacial score (nSPS) is 16.1. The average molecular weight is 669 g/mol. The van der Waals surface area contributed by atoms with Crippen molar-refractivity contribution >= 4 is 52.6 Å². The number of carbonyl (C=O) groups is 4. The highest BCUT2D eigenvalue weighted by Crippen LogP contribution is 2.32. The van der Waals surface area contributed by atoms with Crippen molar-refractivity contribution in [3.8, 4) is 5.75 Å². The third-order valence-corrected chi connectivity index (χ3v) is 7.84. The standard InChI is InChI=1S/C34H35Cl2N3O7/c1-20(2)31-33(43)39(18-30(41)37-28(32(42)34(44)45)14-22-8-5-4-6-9-22)29(17-38(31)21(3)40)24-10-7-11-27(15-24)46-19-23-12-25(35)16-26(36)13-23/h4-13,15-17,20,28,31-32,42H,14,18-19H2,1-3H3,(H,37,41)(H,44,45)/t28-,31+,32?/m0/s1. The molecule has 3 atom stereocenters. The molecule has 0 saturated carbocycles. The fourth-order valence-corrected chi connectivity index (χ4v) is 5.82. The molecular weight excluding hydrogens is 633 g/mol. The number of ether oxygens (including phenoxy) is 1. The summed E-state index contributed by atoms with van der Waals surface area (Å²) in [6, 6.07) is 18.7. The Bertz CT molecular complexity index is 1610. The van der Waals surface area contributed by atoms with Gasteiger partial charge in [-0.05, 0) is 53.8 Å². The van der Waals surface area contributed by atoms with Gasteiger partial charge in [0.2, 0.25) is 11.8 Å². The zero-order valence-electron chi connectivity index (χ0n) is 25.5. The molecule has 12 heteroatoms. The van der Waals surface area contributed by atoms with Crippen molar-refractivity contribution < 1.29 is 34.1 Å². The molecule has 0 aromatic heterocycles. The molecule has 0 saturated heterocycles. The Morgan fingerprint density at radius 2 is 1.63 bits per heavy atom. The van der Waals surface area contributed by atoms with Gasteiger partial charge in [-0.2, -0.15) is 0 Å². The van der Waals surface area contributed by atoms with Gasteiger partial charge in [0.1, 0.15) is 24.9 Å². The van der Waals surface area contributed by atoms with Gasteiger partial charge in [0.25, 0.3) is 5.91 Å². The van der Waals surface area contributed by atoms with Gasteiger partial charge in [-0.25, -0.2) is 4.79 Å². The third kappa shape index (κ3) is 8.66. The minimum absolute atomic E-state index is 0.0423. The summed E-state index contributed by atoms with van der Waals surface area (Å²) in [4.78, 5) is 54.5. The average Bonchev–Trinajstić information content (AvgIpc) is 3.00. The molecule has 1 unspecified atom stereocenters. The Labute approximate surface area is 277 Å². The monoisotopic (exact) mass is 667 g/mol. The third-order valence-electron chi connectivity index (χ3n) is 7.40. The van der Waals surface area contributed by atoms with E-state index in [0.29, 0.717) is 26.9 Å². The quantitative estimate of drug-likeness (QED) is 0.253. The van der Waals surface area contributed by atoms with Crippen LogP contribution in [-0.4, -0.2) is 68.4 Å². The van der Waals surface area contributed by atoms with E-state index in [9.17, 15) is 29.4 Å². The molecule has 3 aromatic rings. The van der Waals surface area contributed by atoms with Gasteiger partial charge in [-0.1, -0.05) is 79.5 Å². The van der Waals surface area contributed by atoms with Crippen molar-refractivity contribution in [3.05, 3.63) is 106 Å². The fraction of sp³-hybridized carbons (Fsp3) is 0.294. The number of hydrogen-bond acceptors (Lipinski definition) is 6. The van der Waals surface area contributed by atoms with E-state index < -0.39 is 42.5 Å². The number of benzene rings is 3. The van der Waals surface area contributed by atoms with Crippen LogP contribution in [0.25, 0.3) is 5.70 Å². The molecule has 3 amide bonds. The van der Waals surface area contributed by atoms with Crippen LogP contribution in [-0.2, 0) is 32.2 Å². The first kappa shape index (κ1) is 34.5. The Hall–Kier alpha value is -4.38. The molecule has 1 heterocycles. The first-order valence-corrected chi connectivity index (χ1v) is 15.3. The van der Waals surface area contributed by atoms with E-state index >= 15 is 0 Å². The molecule has 10 nitrogen and oxygen atoms in total. The predicted octanol–water partition coefficient (Wildman–Crippen LogP) is 4.76. The molecule has 242 valence electrons. The highest BCUT2D eigenvalue weighted by Gasteiger charge is 2.40. The van der Waals surface area contributed by atoms with Gasteiger partial charge in [0, 0.05) is 28.7 Å². The maximum absolute atomic E-state index is 14.0. The zero-order chi connectivity index (χ0) is 33.5. The van der Waals surface area contributed by atoms with E-state index in [1.54, 1.807) is 86.6 Å². The number of nitrogens with zero attached hydrogens (tertiary/aromatic N) is 2. The molecule has 0 fully saturated rings. The molecule has 3 aromatic carbocycles. The number of aliphatic carboxylic acids is 1. The first-order chi connectivity index (χ1) is 21.8. The second kappa shape index (κ2) is 15.3. The van der Waals surface area contributed by atoms with Crippen LogP contribution in [0.15, 0.2) is 79.0 Å². The Kier molecular flexibility index (Phi) is 11.4. The van der Waals surface area contributed by atoms with Crippen LogP contribution in [0.4, 0.5) is 0 Å². The van der Waals surface area contributed by atoms with Crippen molar-refractivity contribution in [2.24, 2.45) is 5.92 Å². The molecule has 3 N–H and O–H groups in total. The van der Waals surface area contributed by atoms with Crippen molar-refractivity contribution in [3.63, 3.8) is 0 Å². The number of carboxylic acid groups (broad SMARTS) is 1. The minimum Gasteiger partial charge on any atom is -0.489 e. The summed E-state index contributed by atoms with van der Waals surface area (Å²) >= 11 is 12.2. The maximum Gasteiger partial charge on any atom is 0.334 e. The molecule has 0 aliphatic carbocycles. The van der Waals surface area contributed by atoms with Gasteiger partial charge < -0.3 is 25.2 Å². The number of hydrogen-bond donors (Lipinski definition) is 3. The highest BCUT2D eigenvalue weighted by molar-refractivity contribution is 6.34. The highest BCUT2D eigenvalue weighted by atomic mass is 35.5. The summed E-state index contributed by atoms with van der Waals surface area (Å²) < 4.78 is 5.98. The lowest BCUT2D eigenvalue weighted by Crippen LogP contribution is -2.57. The molecule has 0 spiro atoms. The van der Waals surface area contributed by atoms with Crippen molar-refractivity contribution in [1.29, 1.82) is 0 Å². The van der Waals surface area contributed by atoms with Crippen LogP contribution in [0.3, 0.4) is 0 Å². The molecule has 1 aliphatic heterocycles. The number of rotatable bonds is 12. The van der Waals surface area contributed by atoms with E-state index in [1.165, 1.54) is 22.9 Å². The van der Waals surface area contributed by atoms with E-state index in [4.69, 9.17) is 27.9 Å². The Morgan fingerprint density at radius 1 is 0.957 bits per heavy atom. The molecule has 0 radical (unpaired) electrons. The molecule has 46 heavy (non-hydrogen) atoms. The van der Waals surface area contributed by atoms with E-state index in [1.807, 2.05) is 0 Å². The number of nitrogens with one attached hydrogen (secondary N) is 1. The maximum atomic E-state index is 14.0. The van der Waals surface area contributed by atoms with E-state index in [2.05, 4.69) is 5.32 Å². The number of carboxylic acids is 1. The number of amides is 3. The van der Waals surface area contributed by atoms with Gasteiger partial charge in [-0.15, -0.1) is 0 Å². The minimum atomic E-state index is -1.89. The largest absolute Gasteiger partial charge is 0.489 e. The van der Waals surface area contributed by atoms with Crippen molar-refractivity contribution in [2.45, 2.75) is 52.0 Å². The van der Waals surface area contributed by atoms with Crippen LogP contribution < -0.4 is 10.1 Å². The summed E-state index contributed by atoms with van der Waals surface area (Å²) in [5, 5.41) is 23.4. The topological polar surface area (TPSA) is 136 Å². The summed E-state index contributed by atoms with van der Waals surface area (Å²) in [7, 11) is 0. The summed E-state index contributed by atoms with van der Waals surface area (Å²) in [6.45, 7) is 4.60. The number of aliphatic hydroxyl groups is 1. The summed E-state index contributed by atoms with van der Waals surface area (Å²) in [5.74, 6) is -2.88. The second-order valence-corrected chi connectivity index (χ2v) is 12.2.